The van der Waals surface area contributed by atoms with Crippen molar-refractivity contribution in [3.8, 4) is 0 Å². The van der Waals surface area contributed by atoms with Crippen molar-refractivity contribution in [2.75, 3.05) is 13.6 Å². The molecule has 0 saturated heterocycles. The van der Waals surface area contributed by atoms with Crippen molar-refractivity contribution < 1.29 is 4.79 Å². The normalized spacial score (nSPS) is 34.4. The number of hydrogen-bond donors (Lipinski definition) is 1. The molecule has 1 heterocycles. The van der Waals surface area contributed by atoms with Gasteiger partial charge in [-0.15, -0.1) is 0 Å². The largest absolute Gasteiger partial charge is 0.326 e. The Bertz CT molecular complexity index is 548. The van der Waals surface area contributed by atoms with Crippen LogP contribution >= 0.6 is 0 Å². The molecule has 0 aliphatic heterocycles. The van der Waals surface area contributed by atoms with Crippen molar-refractivity contribution in [3.63, 3.8) is 0 Å². The number of carbonyl (C=O) groups excluding carboxylic acids is 1. The summed E-state index contributed by atoms with van der Waals surface area (Å²) in [6, 6.07) is 0. The van der Waals surface area contributed by atoms with E-state index >= 15 is 0 Å². The summed E-state index contributed by atoms with van der Waals surface area (Å²) in [4.78, 5) is 22.0. The summed E-state index contributed by atoms with van der Waals surface area (Å²) in [5.74, 6) is 1.01. The number of rotatable bonds is 3. The van der Waals surface area contributed by atoms with Crippen LogP contribution in [-0.2, 0) is 4.79 Å². The van der Waals surface area contributed by atoms with Crippen LogP contribution in [0.25, 0.3) is 0 Å². The summed E-state index contributed by atoms with van der Waals surface area (Å²) < 4.78 is 0.226. The highest BCUT2D eigenvalue weighted by Gasteiger charge is 2.59. The van der Waals surface area contributed by atoms with Gasteiger partial charge in [-0.25, -0.2) is 14.3 Å². The number of hydrogen-bond acceptors (Lipinski definition) is 4. The Kier molecular flexibility index (Phi) is 3.37. The number of fused-ring (bicyclic) bond motifs is 2. The Labute approximate surface area is 126 Å². The molecule has 5 nitrogen and oxygen atoms in total. The van der Waals surface area contributed by atoms with Crippen molar-refractivity contribution >= 4 is 11.7 Å². The van der Waals surface area contributed by atoms with Crippen molar-refractivity contribution in [1.82, 2.24) is 14.5 Å². The first-order valence-corrected chi connectivity index (χ1v) is 7.90. The van der Waals surface area contributed by atoms with Gasteiger partial charge in [-0.2, -0.15) is 0 Å². The molecular formula is C16H25N4O+. The first kappa shape index (κ1) is 14.6. The molecule has 2 aliphatic rings. The van der Waals surface area contributed by atoms with Crippen LogP contribution in [0.2, 0.25) is 0 Å². The van der Waals surface area contributed by atoms with E-state index in [1.54, 1.807) is 18.6 Å². The number of quaternary nitrogens is 1. The molecule has 2 N–H and O–H groups in total. The number of carbonyl (C=O) groups is 1. The fourth-order valence-corrected chi connectivity index (χ4v) is 4.31. The highest BCUT2D eigenvalue weighted by molar-refractivity contribution is 5.92. The quantitative estimate of drug-likeness (QED) is 0.864. The van der Waals surface area contributed by atoms with Crippen LogP contribution in [0.1, 0.15) is 45.4 Å². The molecule has 2 aliphatic carbocycles. The first-order chi connectivity index (χ1) is 9.94. The van der Waals surface area contributed by atoms with E-state index < -0.39 is 0 Å². The van der Waals surface area contributed by atoms with E-state index in [9.17, 15) is 4.79 Å². The SMILES string of the molecule is CC[N+](C)(C(=O)C12CCCC(N)(CC1)C2)c1cnccn1. The Morgan fingerprint density at radius 2 is 2.14 bits per heavy atom. The molecule has 0 radical (unpaired) electrons. The van der Waals surface area contributed by atoms with Gasteiger partial charge in [0.05, 0.1) is 25.2 Å². The van der Waals surface area contributed by atoms with Crippen LogP contribution in [-0.4, -0.2) is 35.0 Å². The van der Waals surface area contributed by atoms with Gasteiger partial charge in [0.15, 0.2) is 0 Å². The molecule has 3 rings (SSSR count). The molecular weight excluding hydrogens is 264 g/mol. The van der Waals surface area contributed by atoms with Crippen LogP contribution in [0.3, 0.4) is 0 Å². The van der Waals surface area contributed by atoms with E-state index in [0.29, 0.717) is 6.54 Å². The lowest BCUT2D eigenvalue weighted by molar-refractivity contribution is -0.141. The molecule has 2 saturated carbocycles. The van der Waals surface area contributed by atoms with Crippen LogP contribution in [0.4, 0.5) is 5.82 Å². The second-order valence-electron chi connectivity index (χ2n) is 7.05. The average Bonchev–Trinajstić information content (AvgIpc) is 2.76. The first-order valence-electron chi connectivity index (χ1n) is 7.90. The fourth-order valence-electron chi connectivity index (χ4n) is 4.31. The Balaban J connectivity index is 1.97. The van der Waals surface area contributed by atoms with Crippen LogP contribution in [0, 0.1) is 5.41 Å². The van der Waals surface area contributed by atoms with Crippen molar-refractivity contribution in [2.24, 2.45) is 11.1 Å². The van der Waals surface area contributed by atoms with Gasteiger partial charge in [0.2, 0.25) is 0 Å². The smallest absolute Gasteiger partial charge is 0.325 e. The van der Waals surface area contributed by atoms with E-state index in [0.717, 1.165) is 44.3 Å². The molecule has 114 valence electrons. The zero-order valence-electron chi connectivity index (χ0n) is 13.0. The predicted octanol–water partition coefficient (Wildman–Crippen LogP) is 2.01. The monoisotopic (exact) mass is 289 g/mol. The second kappa shape index (κ2) is 4.85. The molecule has 2 bridgehead atoms. The van der Waals surface area contributed by atoms with Crippen LogP contribution in [0.15, 0.2) is 18.6 Å². The molecule has 1 aromatic heterocycles. The lowest BCUT2D eigenvalue weighted by Gasteiger charge is -2.40. The van der Waals surface area contributed by atoms with Gasteiger partial charge < -0.3 is 5.73 Å². The summed E-state index contributed by atoms with van der Waals surface area (Å²) in [7, 11) is 1.96. The fraction of sp³-hybridized carbons (Fsp3) is 0.688. The maximum atomic E-state index is 13.4. The summed E-state index contributed by atoms with van der Waals surface area (Å²) in [5, 5.41) is 0. The van der Waals surface area contributed by atoms with E-state index in [2.05, 4.69) is 9.97 Å². The molecule has 0 aromatic carbocycles. The number of amides is 1. The molecule has 1 amide bonds. The Morgan fingerprint density at radius 3 is 2.81 bits per heavy atom. The summed E-state index contributed by atoms with van der Waals surface area (Å²) in [5.41, 5.74) is 6.09. The lowest BCUT2D eigenvalue weighted by atomic mass is 9.72. The van der Waals surface area contributed by atoms with Gasteiger partial charge in [-0.3, -0.25) is 4.98 Å². The highest BCUT2D eigenvalue weighted by Crippen LogP contribution is 2.54. The number of nitrogens with zero attached hydrogens (tertiary/aromatic N) is 3. The Hall–Kier alpha value is -1.33. The Morgan fingerprint density at radius 1 is 1.33 bits per heavy atom. The maximum Gasteiger partial charge on any atom is 0.326 e. The minimum absolute atomic E-state index is 0.116. The minimum Gasteiger partial charge on any atom is -0.325 e. The van der Waals surface area contributed by atoms with Crippen LogP contribution in [0.5, 0.6) is 0 Å². The van der Waals surface area contributed by atoms with E-state index in [1.165, 1.54) is 0 Å². The van der Waals surface area contributed by atoms with Crippen molar-refractivity contribution in [3.05, 3.63) is 18.6 Å². The molecule has 21 heavy (non-hydrogen) atoms. The summed E-state index contributed by atoms with van der Waals surface area (Å²) >= 11 is 0. The van der Waals surface area contributed by atoms with E-state index in [1.807, 2.05) is 14.0 Å². The predicted molar refractivity (Wildman–Crippen MR) is 82.4 cm³/mol. The van der Waals surface area contributed by atoms with E-state index in [-0.39, 0.29) is 21.3 Å². The van der Waals surface area contributed by atoms with Crippen LogP contribution < -0.4 is 10.2 Å². The van der Waals surface area contributed by atoms with E-state index in [4.69, 9.17) is 5.73 Å². The zero-order chi connectivity index (χ0) is 15.1. The maximum absolute atomic E-state index is 13.4. The lowest BCUT2D eigenvalue weighted by Crippen LogP contribution is -2.59. The minimum atomic E-state index is -0.255. The topological polar surface area (TPSA) is 68.9 Å². The molecule has 5 heteroatoms. The van der Waals surface area contributed by atoms with Gasteiger partial charge in [-0.05, 0) is 39.0 Å². The number of aromatic nitrogens is 2. The molecule has 3 unspecified atom stereocenters. The van der Waals surface area contributed by atoms with Gasteiger partial charge in [0.1, 0.15) is 6.20 Å². The van der Waals surface area contributed by atoms with Gasteiger partial charge >= 0.3 is 5.91 Å². The standard InChI is InChI=1S/C16H25N4O/c1-3-20(2,13-11-18-9-10-19-13)14(21)15-5-4-6-16(17,12-15)8-7-15/h9-11H,3-8,12,17H2,1-2H3/q+1. The zero-order valence-corrected chi connectivity index (χ0v) is 13.0. The molecule has 0 spiro atoms. The van der Waals surface area contributed by atoms with Crippen molar-refractivity contribution in [2.45, 2.75) is 51.0 Å². The molecule has 1 aromatic rings. The van der Waals surface area contributed by atoms with Gasteiger partial charge in [0.25, 0.3) is 5.82 Å². The highest BCUT2D eigenvalue weighted by atomic mass is 16.2. The van der Waals surface area contributed by atoms with Crippen molar-refractivity contribution in [1.29, 1.82) is 0 Å². The summed E-state index contributed by atoms with van der Waals surface area (Å²) in [6.45, 7) is 2.73. The van der Waals surface area contributed by atoms with Gasteiger partial charge in [0, 0.05) is 11.7 Å². The summed E-state index contributed by atoms with van der Waals surface area (Å²) in [6.07, 6.45) is 10.9. The third kappa shape index (κ3) is 2.19. The molecule has 2 fully saturated rings. The average molecular weight is 289 g/mol. The molecule has 3 atom stereocenters. The van der Waals surface area contributed by atoms with Gasteiger partial charge in [-0.1, -0.05) is 6.42 Å². The number of nitrogens with two attached hydrogens (primary N) is 1. The third-order valence-corrected chi connectivity index (χ3v) is 5.71. The third-order valence-electron chi connectivity index (χ3n) is 5.71. The second-order valence-corrected chi connectivity index (χ2v) is 7.05.